The number of aryl methyl sites for hydroxylation is 1. The van der Waals surface area contributed by atoms with E-state index >= 15 is 0 Å². The molecule has 152 valence electrons. The fraction of sp³-hybridized carbons (Fsp3) is 0.476. The Kier molecular flexibility index (Phi) is 7.20. The normalized spacial score (nSPS) is 11.1. The van der Waals surface area contributed by atoms with Crippen LogP contribution in [0.25, 0.3) is 5.69 Å². The van der Waals surface area contributed by atoms with Crippen LogP contribution in [0.1, 0.15) is 43.7 Å². The number of hydrogen-bond acceptors (Lipinski definition) is 4. The third-order valence-corrected chi connectivity index (χ3v) is 4.17. The van der Waals surface area contributed by atoms with Crippen molar-refractivity contribution in [2.24, 2.45) is 11.8 Å². The van der Waals surface area contributed by atoms with E-state index in [4.69, 9.17) is 4.74 Å². The number of esters is 1. The second kappa shape index (κ2) is 9.39. The summed E-state index contributed by atoms with van der Waals surface area (Å²) < 4.78 is 6.72. The highest BCUT2D eigenvalue weighted by atomic mass is 16.5. The van der Waals surface area contributed by atoms with Gasteiger partial charge in [-0.2, -0.15) is 0 Å². The maximum absolute atomic E-state index is 12.4. The van der Waals surface area contributed by atoms with E-state index in [1.165, 1.54) is 4.57 Å². The average Bonchev–Trinajstić information content (AvgIpc) is 2.96. The summed E-state index contributed by atoms with van der Waals surface area (Å²) in [5, 5.41) is 0. The largest absolute Gasteiger partial charge is 0.452 e. The number of aromatic amines is 1. The maximum Gasteiger partial charge on any atom is 0.338 e. The van der Waals surface area contributed by atoms with E-state index in [9.17, 15) is 14.4 Å². The standard InChI is InChI=1S/C21H29N3O4/c1-14(2)11-23(12-15(3)4)19(25)13-28-20(26)17-6-8-18(9-7-17)24-16(5)10-22-21(24)27/h6-10,14-15H,11-13H2,1-5H3,(H,22,27). The lowest BCUT2D eigenvalue weighted by molar-refractivity contribution is -0.135. The Hall–Kier alpha value is -2.83. The second-order valence-electron chi connectivity index (χ2n) is 7.78. The van der Waals surface area contributed by atoms with Crippen molar-refractivity contribution in [2.45, 2.75) is 34.6 Å². The van der Waals surface area contributed by atoms with E-state index in [2.05, 4.69) is 4.98 Å². The van der Waals surface area contributed by atoms with Gasteiger partial charge in [0.05, 0.1) is 11.3 Å². The molecule has 0 saturated heterocycles. The van der Waals surface area contributed by atoms with Crippen LogP contribution in [0.2, 0.25) is 0 Å². The minimum atomic E-state index is -0.563. The zero-order valence-corrected chi connectivity index (χ0v) is 17.2. The number of carbonyl (C=O) groups is 2. The zero-order chi connectivity index (χ0) is 20.8. The molecule has 1 N–H and O–H groups in total. The van der Waals surface area contributed by atoms with Crippen LogP contribution in [0.5, 0.6) is 0 Å². The summed E-state index contributed by atoms with van der Waals surface area (Å²) in [5.74, 6) is -0.0774. The van der Waals surface area contributed by atoms with Crippen LogP contribution in [0, 0.1) is 18.8 Å². The molecule has 1 amide bonds. The number of carbonyl (C=O) groups excluding carboxylic acids is 2. The van der Waals surface area contributed by atoms with Crippen molar-refractivity contribution in [2.75, 3.05) is 19.7 Å². The van der Waals surface area contributed by atoms with E-state index in [1.54, 1.807) is 35.4 Å². The number of ether oxygens (including phenoxy) is 1. The van der Waals surface area contributed by atoms with Gasteiger partial charge in [0.25, 0.3) is 5.91 Å². The van der Waals surface area contributed by atoms with Gasteiger partial charge in [-0.25, -0.2) is 9.59 Å². The first-order chi connectivity index (χ1) is 13.2. The quantitative estimate of drug-likeness (QED) is 0.706. The highest BCUT2D eigenvalue weighted by molar-refractivity contribution is 5.91. The fourth-order valence-electron chi connectivity index (χ4n) is 2.98. The summed E-state index contributed by atoms with van der Waals surface area (Å²) in [6.07, 6.45) is 1.62. The molecule has 2 aromatic rings. The van der Waals surface area contributed by atoms with Crippen molar-refractivity contribution in [1.82, 2.24) is 14.5 Å². The molecular weight excluding hydrogens is 358 g/mol. The molecule has 0 spiro atoms. The maximum atomic E-state index is 12.4. The summed E-state index contributed by atoms with van der Waals surface area (Å²) in [5.41, 5.74) is 1.50. The summed E-state index contributed by atoms with van der Waals surface area (Å²) in [6, 6.07) is 6.51. The minimum absolute atomic E-state index is 0.193. The van der Waals surface area contributed by atoms with Gasteiger partial charge in [-0.15, -0.1) is 0 Å². The lowest BCUT2D eigenvalue weighted by Crippen LogP contribution is -2.39. The van der Waals surface area contributed by atoms with Gasteiger partial charge < -0.3 is 14.6 Å². The highest BCUT2D eigenvalue weighted by Crippen LogP contribution is 2.11. The van der Waals surface area contributed by atoms with Gasteiger partial charge in [0.1, 0.15) is 0 Å². The third kappa shape index (κ3) is 5.58. The van der Waals surface area contributed by atoms with Crippen LogP contribution in [0.3, 0.4) is 0 Å². The number of aromatic nitrogens is 2. The van der Waals surface area contributed by atoms with Crippen LogP contribution < -0.4 is 5.69 Å². The molecule has 0 unspecified atom stereocenters. The number of amides is 1. The average molecular weight is 387 g/mol. The summed E-state index contributed by atoms with van der Waals surface area (Å²) in [6.45, 7) is 11.0. The number of hydrogen-bond donors (Lipinski definition) is 1. The SMILES string of the molecule is Cc1c[nH]c(=O)n1-c1ccc(C(=O)OCC(=O)N(CC(C)C)CC(C)C)cc1. The number of nitrogens with one attached hydrogen (secondary N) is 1. The molecule has 1 aromatic carbocycles. The Labute approximate surface area is 165 Å². The number of rotatable bonds is 8. The Morgan fingerprint density at radius 3 is 2.11 bits per heavy atom. The molecule has 0 atom stereocenters. The molecule has 1 aromatic heterocycles. The van der Waals surface area contributed by atoms with Crippen LogP contribution in [0.4, 0.5) is 0 Å². The predicted octanol–water partition coefficient (Wildman–Crippen LogP) is 2.77. The molecule has 0 radical (unpaired) electrons. The van der Waals surface area contributed by atoms with E-state index in [0.717, 1.165) is 5.69 Å². The van der Waals surface area contributed by atoms with Crippen LogP contribution in [0.15, 0.2) is 35.3 Å². The molecule has 0 aliphatic carbocycles. The van der Waals surface area contributed by atoms with Crippen LogP contribution in [-0.2, 0) is 9.53 Å². The van der Waals surface area contributed by atoms with E-state index < -0.39 is 5.97 Å². The fourth-order valence-corrected chi connectivity index (χ4v) is 2.98. The smallest absolute Gasteiger partial charge is 0.338 e. The van der Waals surface area contributed by atoms with Crippen molar-refractivity contribution in [3.8, 4) is 5.69 Å². The topological polar surface area (TPSA) is 84.4 Å². The summed E-state index contributed by atoms with van der Waals surface area (Å²) >= 11 is 0. The first-order valence-electron chi connectivity index (χ1n) is 9.51. The van der Waals surface area contributed by atoms with E-state index in [1.807, 2.05) is 34.6 Å². The van der Waals surface area contributed by atoms with Crippen molar-refractivity contribution < 1.29 is 14.3 Å². The molecule has 7 heteroatoms. The van der Waals surface area contributed by atoms with Gasteiger partial charge in [0, 0.05) is 25.0 Å². The summed E-state index contributed by atoms with van der Waals surface area (Å²) in [4.78, 5) is 40.9. The Morgan fingerprint density at radius 2 is 1.64 bits per heavy atom. The molecular formula is C21H29N3O4. The molecule has 0 aliphatic heterocycles. The van der Waals surface area contributed by atoms with Gasteiger partial charge >= 0.3 is 11.7 Å². The molecule has 7 nitrogen and oxygen atoms in total. The molecule has 0 aliphatic rings. The lowest BCUT2D eigenvalue weighted by atomic mass is 10.1. The van der Waals surface area contributed by atoms with Crippen LogP contribution >= 0.6 is 0 Å². The zero-order valence-electron chi connectivity index (χ0n) is 17.2. The number of H-pyrrole nitrogens is 1. The van der Waals surface area contributed by atoms with Crippen molar-refractivity contribution >= 4 is 11.9 Å². The van der Waals surface area contributed by atoms with E-state index in [0.29, 0.717) is 36.2 Å². The van der Waals surface area contributed by atoms with Crippen LogP contribution in [-0.4, -0.2) is 46.0 Å². The Bertz CT molecular complexity index is 853. The van der Waals surface area contributed by atoms with Crippen molar-refractivity contribution in [3.05, 3.63) is 52.2 Å². The highest BCUT2D eigenvalue weighted by Gasteiger charge is 2.18. The molecule has 2 rings (SSSR count). The molecule has 0 bridgehead atoms. The summed E-state index contributed by atoms with van der Waals surface area (Å²) in [7, 11) is 0. The molecule has 0 saturated carbocycles. The minimum Gasteiger partial charge on any atom is -0.452 e. The Balaban J connectivity index is 2.00. The molecule has 1 heterocycles. The van der Waals surface area contributed by atoms with Crippen molar-refractivity contribution in [1.29, 1.82) is 0 Å². The van der Waals surface area contributed by atoms with Gasteiger partial charge in [-0.3, -0.25) is 9.36 Å². The van der Waals surface area contributed by atoms with Crippen molar-refractivity contribution in [3.63, 3.8) is 0 Å². The molecule has 0 fully saturated rings. The Morgan fingerprint density at radius 1 is 1.07 bits per heavy atom. The number of imidazole rings is 1. The van der Waals surface area contributed by atoms with Gasteiger partial charge in [-0.05, 0) is 43.0 Å². The van der Waals surface area contributed by atoms with Gasteiger partial charge in [-0.1, -0.05) is 27.7 Å². The first kappa shape index (κ1) is 21.5. The van der Waals surface area contributed by atoms with E-state index in [-0.39, 0.29) is 18.2 Å². The second-order valence-corrected chi connectivity index (χ2v) is 7.78. The monoisotopic (exact) mass is 387 g/mol. The number of benzene rings is 1. The van der Waals surface area contributed by atoms with Gasteiger partial charge in [0.2, 0.25) is 0 Å². The predicted molar refractivity (Wildman–Crippen MR) is 108 cm³/mol. The van der Waals surface area contributed by atoms with Gasteiger partial charge in [0.15, 0.2) is 6.61 Å². The third-order valence-electron chi connectivity index (χ3n) is 4.17. The first-order valence-corrected chi connectivity index (χ1v) is 9.51. The molecule has 28 heavy (non-hydrogen) atoms. The lowest BCUT2D eigenvalue weighted by Gasteiger charge is -2.26. The number of nitrogens with zero attached hydrogens (tertiary/aromatic N) is 2.